The number of amides is 1. The van der Waals surface area contributed by atoms with Crippen molar-refractivity contribution >= 4 is 17.6 Å². The summed E-state index contributed by atoms with van der Waals surface area (Å²) in [6.45, 7) is 0.331. The van der Waals surface area contributed by atoms with Gasteiger partial charge in [-0.1, -0.05) is 12.5 Å². The van der Waals surface area contributed by atoms with Crippen molar-refractivity contribution in [2.75, 3.05) is 11.9 Å². The van der Waals surface area contributed by atoms with Gasteiger partial charge in [-0.2, -0.15) is 0 Å². The van der Waals surface area contributed by atoms with Crippen LogP contribution < -0.4 is 11.1 Å². The first kappa shape index (κ1) is 12.6. The Balaban J connectivity index is 2.12. The summed E-state index contributed by atoms with van der Waals surface area (Å²) in [5.41, 5.74) is 5.84. The highest BCUT2D eigenvalue weighted by Gasteiger charge is 2.42. The van der Waals surface area contributed by atoms with E-state index in [2.05, 4.69) is 5.32 Å². The maximum absolute atomic E-state index is 12.1. The molecule has 0 saturated heterocycles. The number of carbonyl (C=O) groups is 2. The summed E-state index contributed by atoms with van der Waals surface area (Å²) in [4.78, 5) is 22.9. The van der Waals surface area contributed by atoms with Crippen LogP contribution in [0.5, 0.6) is 0 Å². The van der Waals surface area contributed by atoms with Crippen LogP contribution in [0, 0.1) is 5.41 Å². The van der Waals surface area contributed by atoms with E-state index in [9.17, 15) is 9.59 Å². The molecule has 0 aliphatic heterocycles. The maximum atomic E-state index is 12.1. The number of anilines is 1. The minimum Gasteiger partial charge on any atom is -0.478 e. The number of rotatable bonds is 4. The van der Waals surface area contributed by atoms with Gasteiger partial charge in [0.25, 0.3) is 0 Å². The van der Waals surface area contributed by atoms with Crippen LogP contribution in [0.3, 0.4) is 0 Å². The molecule has 0 aromatic heterocycles. The van der Waals surface area contributed by atoms with Gasteiger partial charge in [-0.05, 0) is 31.0 Å². The van der Waals surface area contributed by atoms with Crippen molar-refractivity contribution in [3.8, 4) is 0 Å². The fourth-order valence-electron chi connectivity index (χ4n) is 2.12. The second-order valence-corrected chi connectivity index (χ2v) is 4.68. The average molecular weight is 248 g/mol. The molecular formula is C13H16N2O3. The Hall–Kier alpha value is -1.88. The monoisotopic (exact) mass is 248 g/mol. The quantitative estimate of drug-likeness (QED) is 0.752. The van der Waals surface area contributed by atoms with E-state index in [4.69, 9.17) is 10.8 Å². The highest BCUT2D eigenvalue weighted by molar-refractivity contribution is 5.97. The zero-order valence-electron chi connectivity index (χ0n) is 9.98. The van der Waals surface area contributed by atoms with E-state index in [0.29, 0.717) is 12.2 Å². The van der Waals surface area contributed by atoms with Gasteiger partial charge in [-0.3, -0.25) is 4.79 Å². The Morgan fingerprint density at radius 3 is 2.61 bits per heavy atom. The highest BCUT2D eigenvalue weighted by atomic mass is 16.4. The molecule has 0 atom stereocenters. The summed E-state index contributed by atoms with van der Waals surface area (Å²) in [5, 5.41) is 11.6. The summed E-state index contributed by atoms with van der Waals surface area (Å²) in [6, 6.07) is 6.21. The third kappa shape index (κ3) is 2.22. The van der Waals surface area contributed by atoms with Gasteiger partial charge >= 0.3 is 5.97 Å². The molecule has 1 aliphatic carbocycles. The number of hydrogen-bond acceptors (Lipinski definition) is 3. The molecule has 0 heterocycles. The van der Waals surface area contributed by atoms with Crippen LogP contribution in [0.4, 0.5) is 5.69 Å². The Bertz CT molecular complexity index is 475. The van der Waals surface area contributed by atoms with E-state index in [0.717, 1.165) is 19.3 Å². The van der Waals surface area contributed by atoms with Gasteiger partial charge in [0.05, 0.1) is 11.0 Å². The molecule has 1 aromatic carbocycles. The molecule has 4 N–H and O–H groups in total. The van der Waals surface area contributed by atoms with Crippen LogP contribution >= 0.6 is 0 Å². The molecule has 18 heavy (non-hydrogen) atoms. The molecule has 1 fully saturated rings. The zero-order valence-corrected chi connectivity index (χ0v) is 9.98. The molecule has 0 unspecified atom stereocenters. The van der Waals surface area contributed by atoms with Gasteiger partial charge in [-0.25, -0.2) is 4.79 Å². The van der Waals surface area contributed by atoms with Crippen LogP contribution in [-0.2, 0) is 4.79 Å². The largest absolute Gasteiger partial charge is 0.478 e. The number of hydrogen-bond donors (Lipinski definition) is 3. The van der Waals surface area contributed by atoms with Gasteiger partial charge in [0, 0.05) is 12.2 Å². The van der Waals surface area contributed by atoms with Crippen LogP contribution in [0.1, 0.15) is 29.6 Å². The molecule has 2 rings (SSSR count). The van der Waals surface area contributed by atoms with Crippen molar-refractivity contribution in [3.05, 3.63) is 29.8 Å². The molecule has 1 aromatic rings. The molecule has 1 saturated carbocycles. The van der Waals surface area contributed by atoms with Crippen LogP contribution in [0.2, 0.25) is 0 Å². The lowest BCUT2D eigenvalue weighted by atomic mass is 9.68. The zero-order chi connectivity index (χ0) is 13.2. The molecule has 0 radical (unpaired) electrons. The van der Waals surface area contributed by atoms with Crippen molar-refractivity contribution in [1.29, 1.82) is 0 Å². The molecule has 0 spiro atoms. The highest BCUT2D eigenvalue weighted by Crippen LogP contribution is 2.40. The van der Waals surface area contributed by atoms with E-state index in [1.807, 2.05) is 0 Å². The number of nitrogens with two attached hydrogens (primary N) is 1. The Kier molecular flexibility index (Phi) is 3.34. The van der Waals surface area contributed by atoms with E-state index in [-0.39, 0.29) is 11.5 Å². The second-order valence-electron chi connectivity index (χ2n) is 4.68. The van der Waals surface area contributed by atoms with Gasteiger partial charge < -0.3 is 16.2 Å². The van der Waals surface area contributed by atoms with E-state index < -0.39 is 11.4 Å². The van der Waals surface area contributed by atoms with Gasteiger partial charge in [0.1, 0.15) is 0 Å². The molecule has 5 heteroatoms. The summed E-state index contributed by atoms with van der Waals surface area (Å²) in [5.74, 6) is -1.12. The van der Waals surface area contributed by atoms with Gasteiger partial charge in [-0.15, -0.1) is 0 Å². The molecule has 5 nitrogen and oxygen atoms in total. The summed E-state index contributed by atoms with van der Waals surface area (Å²) >= 11 is 0. The molecule has 1 aliphatic rings. The topological polar surface area (TPSA) is 92.4 Å². The number of nitrogens with one attached hydrogen (secondary N) is 1. The molecular weight excluding hydrogens is 232 g/mol. The predicted molar refractivity (Wildman–Crippen MR) is 67.4 cm³/mol. The number of aromatic carboxylic acids is 1. The Morgan fingerprint density at radius 1 is 1.39 bits per heavy atom. The van der Waals surface area contributed by atoms with Crippen molar-refractivity contribution in [3.63, 3.8) is 0 Å². The smallest absolute Gasteiger partial charge is 0.335 e. The summed E-state index contributed by atoms with van der Waals surface area (Å²) in [7, 11) is 0. The number of carbonyl (C=O) groups excluding carboxylic acids is 1. The summed E-state index contributed by atoms with van der Waals surface area (Å²) in [6.07, 6.45) is 2.61. The predicted octanol–water partition coefficient (Wildman–Crippen LogP) is 1.45. The Labute approximate surface area is 105 Å². The maximum Gasteiger partial charge on any atom is 0.335 e. The van der Waals surface area contributed by atoms with Crippen LogP contribution in [-0.4, -0.2) is 23.5 Å². The lowest BCUT2D eigenvalue weighted by Gasteiger charge is -2.39. The standard InChI is InChI=1S/C13H16N2O3/c14-8-13(5-2-6-13)12(18)15-10-4-1-3-9(7-10)11(16)17/h1,3-4,7H,2,5-6,8,14H2,(H,15,18)(H,16,17). The third-order valence-electron chi connectivity index (χ3n) is 3.55. The molecule has 1 amide bonds. The first-order valence-electron chi connectivity index (χ1n) is 5.92. The number of carboxylic acid groups (broad SMARTS) is 1. The van der Waals surface area contributed by atoms with E-state index in [1.165, 1.54) is 12.1 Å². The van der Waals surface area contributed by atoms with Gasteiger partial charge in [0.2, 0.25) is 5.91 Å². The minimum absolute atomic E-state index is 0.112. The minimum atomic E-state index is -1.01. The molecule has 0 bridgehead atoms. The first-order valence-corrected chi connectivity index (χ1v) is 5.92. The van der Waals surface area contributed by atoms with Crippen molar-refractivity contribution in [1.82, 2.24) is 0 Å². The normalized spacial score (nSPS) is 16.7. The van der Waals surface area contributed by atoms with Crippen molar-refractivity contribution in [2.45, 2.75) is 19.3 Å². The second kappa shape index (κ2) is 4.78. The van der Waals surface area contributed by atoms with E-state index in [1.54, 1.807) is 12.1 Å². The average Bonchev–Trinajstić information content (AvgIpc) is 2.28. The first-order chi connectivity index (χ1) is 8.57. The molecule has 96 valence electrons. The fourth-order valence-corrected chi connectivity index (χ4v) is 2.12. The lowest BCUT2D eigenvalue weighted by molar-refractivity contribution is -0.129. The van der Waals surface area contributed by atoms with Crippen LogP contribution in [0.15, 0.2) is 24.3 Å². The fraction of sp³-hybridized carbons (Fsp3) is 0.385. The van der Waals surface area contributed by atoms with Gasteiger partial charge in [0.15, 0.2) is 0 Å². The Morgan fingerprint density at radius 2 is 2.11 bits per heavy atom. The third-order valence-corrected chi connectivity index (χ3v) is 3.55. The summed E-state index contributed by atoms with van der Waals surface area (Å²) < 4.78 is 0. The lowest BCUT2D eigenvalue weighted by Crippen LogP contribution is -2.47. The van der Waals surface area contributed by atoms with Crippen molar-refractivity contribution in [2.24, 2.45) is 11.1 Å². The SMILES string of the molecule is NCC1(C(=O)Nc2cccc(C(=O)O)c2)CCC1. The number of carboxylic acids is 1. The number of benzene rings is 1. The van der Waals surface area contributed by atoms with E-state index >= 15 is 0 Å². The van der Waals surface area contributed by atoms with Crippen molar-refractivity contribution < 1.29 is 14.7 Å². The van der Waals surface area contributed by atoms with Crippen LogP contribution in [0.25, 0.3) is 0 Å².